The minimum atomic E-state index is -0.564. The first-order chi connectivity index (χ1) is 12.0. The number of carbonyl (C=O) groups is 2. The largest absolute Gasteiger partial charge is 0.452 e. The van der Waals surface area contributed by atoms with Gasteiger partial charge in [-0.2, -0.15) is 5.10 Å². The van der Waals surface area contributed by atoms with E-state index in [-0.39, 0.29) is 18.6 Å². The normalized spacial score (nSPS) is 11.9. The molecule has 0 aliphatic heterocycles. The van der Waals surface area contributed by atoms with Gasteiger partial charge in [0.15, 0.2) is 6.61 Å². The molecule has 7 heteroatoms. The Morgan fingerprint density at radius 1 is 1.24 bits per heavy atom. The molecule has 6 nitrogen and oxygen atoms in total. The Bertz CT molecular complexity index is 905. The highest BCUT2D eigenvalue weighted by molar-refractivity contribution is 6.30. The Balaban J connectivity index is 1.54. The third-order valence-electron chi connectivity index (χ3n) is 3.76. The Labute approximate surface area is 149 Å². The fourth-order valence-electron chi connectivity index (χ4n) is 2.40. The molecule has 1 amide bonds. The number of benzene rings is 2. The fourth-order valence-corrected chi connectivity index (χ4v) is 2.52. The van der Waals surface area contributed by atoms with E-state index in [9.17, 15) is 9.59 Å². The number of aromatic amines is 1. The second-order valence-electron chi connectivity index (χ2n) is 5.59. The van der Waals surface area contributed by atoms with Gasteiger partial charge in [0.25, 0.3) is 5.91 Å². The SMILES string of the molecule is CC(NC(=O)COC(=O)c1ccc2cn[nH]c2c1)c1ccc(Cl)cc1. The molecule has 25 heavy (non-hydrogen) atoms. The van der Waals surface area contributed by atoms with Crippen molar-refractivity contribution < 1.29 is 14.3 Å². The van der Waals surface area contributed by atoms with Crippen molar-refractivity contribution in [3.8, 4) is 0 Å². The molecule has 0 spiro atoms. The Hall–Kier alpha value is -2.86. The summed E-state index contributed by atoms with van der Waals surface area (Å²) in [5, 5.41) is 11.0. The van der Waals surface area contributed by atoms with Crippen LogP contribution in [0.5, 0.6) is 0 Å². The van der Waals surface area contributed by atoms with Crippen LogP contribution in [0.3, 0.4) is 0 Å². The van der Waals surface area contributed by atoms with E-state index in [1.165, 1.54) is 0 Å². The van der Waals surface area contributed by atoms with E-state index in [0.717, 1.165) is 16.5 Å². The number of ether oxygens (including phenoxy) is 1. The molecule has 1 aromatic heterocycles. The average molecular weight is 358 g/mol. The highest BCUT2D eigenvalue weighted by Gasteiger charge is 2.14. The number of H-pyrrole nitrogens is 1. The first kappa shape index (κ1) is 17.0. The smallest absolute Gasteiger partial charge is 0.338 e. The van der Waals surface area contributed by atoms with Crippen molar-refractivity contribution in [2.75, 3.05) is 6.61 Å². The third kappa shape index (κ3) is 4.16. The van der Waals surface area contributed by atoms with Crippen LogP contribution < -0.4 is 5.32 Å². The molecule has 1 atom stereocenters. The fraction of sp³-hybridized carbons (Fsp3) is 0.167. The van der Waals surface area contributed by atoms with Crippen LogP contribution in [0.2, 0.25) is 5.02 Å². The highest BCUT2D eigenvalue weighted by Crippen LogP contribution is 2.16. The van der Waals surface area contributed by atoms with Crippen LogP contribution in [-0.2, 0) is 9.53 Å². The maximum absolute atomic E-state index is 12.1. The predicted octanol–water partition coefficient (Wildman–Crippen LogP) is 3.25. The summed E-state index contributed by atoms with van der Waals surface area (Å²) in [6, 6.07) is 12.0. The Kier molecular flexibility index (Phi) is 5.00. The number of halogens is 1. The van der Waals surface area contributed by atoms with E-state index in [4.69, 9.17) is 16.3 Å². The lowest BCUT2D eigenvalue weighted by Gasteiger charge is -2.14. The molecule has 0 radical (unpaired) electrons. The van der Waals surface area contributed by atoms with Crippen molar-refractivity contribution in [2.24, 2.45) is 0 Å². The summed E-state index contributed by atoms with van der Waals surface area (Å²) in [6.45, 7) is 1.49. The van der Waals surface area contributed by atoms with Crippen molar-refractivity contribution in [3.63, 3.8) is 0 Å². The summed E-state index contributed by atoms with van der Waals surface area (Å²) in [5.74, 6) is -0.941. The molecular weight excluding hydrogens is 342 g/mol. The van der Waals surface area contributed by atoms with Crippen molar-refractivity contribution in [1.82, 2.24) is 15.5 Å². The van der Waals surface area contributed by atoms with Gasteiger partial charge in [0.05, 0.1) is 23.3 Å². The van der Waals surface area contributed by atoms with Gasteiger partial charge in [-0.05, 0) is 36.8 Å². The van der Waals surface area contributed by atoms with E-state index < -0.39 is 5.97 Å². The lowest BCUT2D eigenvalue weighted by Crippen LogP contribution is -2.31. The van der Waals surface area contributed by atoms with E-state index in [1.807, 2.05) is 19.1 Å². The number of nitrogens with one attached hydrogen (secondary N) is 2. The summed E-state index contributed by atoms with van der Waals surface area (Å²) in [5.41, 5.74) is 2.00. The van der Waals surface area contributed by atoms with E-state index in [0.29, 0.717) is 10.6 Å². The number of hydrogen-bond acceptors (Lipinski definition) is 4. The molecule has 3 aromatic rings. The second kappa shape index (κ2) is 7.36. The van der Waals surface area contributed by atoms with Crippen LogP contribution in [0, 0.1) is 0 Å². The zero-order chi connectivity index (χ0) is 17.8. The second-order valence-corrected chi connectivity index (χ2v) is 6.03. The first-order valence-electron chi connectivity index (χ1n) is 7.68. The monoisotopic (exact) mass is 357 g/mol. The molecule has 0 bridgehead atoms. The van der Waals surface area contributed by atoms with Gasteiger partial charge in [0.2, 0.25) is 0 Å². The van der Waals surface area contributed by atoms with Gasteiger partial charge < -0.3 is 10.1 Å². The third-order valence-corrected chi connectivity index (χ3v) is 4.01. The van der Waals surface area contributed by atoms with Crippen LogP contribution in [0.25, 0.3) is 10.9 Å². The van der Waals surface area contributed by atoms with Gasteiger partial charge in [0, 0.05) is 10.4 Å². The van der Waals surface area contributed by atoms with Crippen LogP contribution >= 0.6 is 11.6 Å². The molecular formula is C18H16ClN3O3. The molecule has 2 N–H and O–H groups in total. The molecule has 3 rings (SSSR count). The lowest BCUT2D eigenvalue weighted by atomic mass is 10.1. The summed E-state index contributed by atoms with van der Waals surface area (Å²) < 4.78 is 5.06. The molecule has 0 fully saturated rings. The van der Waals surface area contributed by atoms with Gasteiger partial charge in [-0.3, -0.25) is 9.89 Å². The highest BCUT2D eigenvalue weighted by atomic mass is 35.5. The first-order valence-corrected chi connectivity index (χ1v) is 8.06. The molecule has 0 aliphatic rings. The molecule has 128 valence electrons. The van der Waals surface area contributed by atoms with Gasteiger partial charge in [0.1, 0.15) is 0 Å². The lowest BCUT2D eigenvalue weighted by molar-refractivity contribution is -0.124. The average Bonchev–Trinajstić information content (AvgIpc) is 3.07. The number of esters is 1. The minimum Gasteiger partial charge on any atom is -0.452 e. The molecule has 0 saturated carbocycles. The number of carbonyl (C=O) groups excluding carboxylic acids is 2. The number of nitrogens with zero attached hydrogens (tertiary/aromatic N) is 1. The summed E-state index contributed by atoms with van der Waals surface area (Å²) in [4.78, 5) is 24.0. The topological polar surface area (TPSA) is 84.1 Å². The van der Waals surface area contributed by atoms with Crippen molar-refractivity contribution in [3.05, 3.63) is 64.8 Å². The predicted molar refractivity (Wildman–Crippen MR) is 94.4 cm³/mol. The Morgan fingerprint density at radius 3 is 2.76 bits per heavy atom. The van der Waals surface area contributed by atoms with Gasteiger partial charge in [-0.25, -0.2) is 4.79 Å². The summed E-state index contributed by atoms with van der Waals surface area (Å²) in [6.07, 6.45) is 1.66. The number of rotatable bonds is 5. The molecule has 2 aromatic carbocycles. The Morgan fingerprint density at radius 2 is 2.00 bits per heavy atom. The van der Waals surface area contributed by atoms with Crippen LogP contribution in [0.4, 0.5) is 0 Å². The minimum absolute atomic E-state index is 0.218. The maximum atomic E-state index is 12.1. The van der Waals surface area contributed by atoms with Gasteiger partial charge >= 0.3 is 5.97 Å². The number of aromatic nitrogens is 2. The molecule has 0 saturated heterocycles. The van der Waals surface area contributed by atoms with Crippen LogP contribution in [-0.4, -0.2) is 28.7 Å². The molecule has 1 unspecified atom stereocenters. The van der Waals surface area contributed by atoms with Gasteiger partial charge in [-0.15, -0.1) is 0 Å². The summed E-state index contributed by atoms with van der Waals surface area (Å²) >= 11 is 5.84. The maximum Gasteiger partial charge on any atom is 0.338 e. The van der Waals surface area contributed by atoms with E-state index >= 15 is 0 Å². The quantitative estimate of drug-likeness (QED) is 0.686. The van der Waals surface area contributed by atoms with Crippen molar-refractivity contribution in [2.45, 2.75) is 13.0 Å². The van der Waals surface area contributed by atoms with Crippen LogP contribution in [0.15, 0.2) is 48.7 Å². The molecule has 0 aliphatic carbocycles. The summed E-state index contributed by atoms with van der Waals surface area (Å²) in [7, 11) is 0. The van der Waals surface area contributed by atoms with Crippen LogP contribution in [0.1, 0.15) is 28.9 Å². The zero-order valence-corrected chi connectivity index (χ0v) is 14.2. The van der Waals surface area contributed by atoms with Crippen molar-refractivity contribution >= 4 is 34.4 Å². The van der Waals surface area contributed by atoms with E-state index in [1.54, 1.807) is 36.5 Å². The number of amides is 1. The molecule has 1 heterocycles. The van der Waals surface area contributed by atoms with Gasteiger partial charge in [-0.1, -0.05) is 29.8 Å². The standard InChI is InChI=1S/C18H16ClN3O3/c1-11(12-4-6-15(19)7-5-12)21-17(23)10-25-18(24)13-2-3-14-9-20-22-16(14)8-13/h2-9,11H,10H2,1H3,(H,20,22)(H,21,23). The zero-order valence-electron chi connectivity index (χ0n) is 13.5. The number of hydrogen-bond donors (Lipinski definition) is 2. The number of fused-ring (bicyclic) bond motifs is 1. The van der Waals surface area contributed by atoms with Crippen molar-refractivity contribution in [1.29, 1.82) is 0 Å². The van der Waals surface area contributed by atoms with E-state index in [2.05, 4.69) is 15.5 Å².